The summed E-state index contributed by atoms with van der Waals surface area (Å²) in [5.41, 5.74) is 1.78. The summed E-state index contributed by atoms with van der Waals surface area (Å²) in [6, 6.07) is 15.9. The number of rotatable bonds is 3. The summed E-state index contributed by atoms with van der Waals surface area (Å²) >= 11 is 0. The zero-order chi connectivity index (χ0) is 14.8. The van der Waals surface area contributed by atoms with Crippen LogP contribution >= 0.6 is 0 Å². The van der Waals surface area contributed by atoms with Gasteiger partial charge in [-0.2, -0.15) is 0 Å². The summed E-state index contributed by atoms with van der Waals surface area (Å²) in [6.07, 6.45) is 0. The fraction of sp³-hybridized carbons (Fsp3) is 0.0625. The fourth-order valence-electron chi connectivity index (χ4n) is 2.28. The zero-order valence-electron chi connectivity index (χ0n) is 11.3. The maximum Gasteiger partial charge on any atom is 0.278 e. The Hall–Kier alpha value is -2.95. The molecule has 2 aromatic carbocycles. The van der Waals surface area contributed by atoms with E-state index in [0.717, 1.165) is 5.39 Å². The van der Waals surface area contributed by atoms with Crippen LogP contribution < -0.4 is 4.74 Å². The molecule has 0 spiro atoms. The van der Waals surface area contributed by atoms with Crippen molar-refractivity contribution < 1.29 is 9.66 Å². The van der Waals surface area contributed by atoms with E-state index in [9.17, 15) is 10.1 Å². The van der Waals surface area contributed by atoms with Gasteiger partial charge in [0.15, 0.2) is 0 Å². The molecule has 0 N–H and O–H groups in total. The average Bonchev–Trinajstić information content (AvgIpc) is 2.53. The second-order valence-corrected chi connectivity index (χ2v) is 4.50. The lowest BCUT2D eigenvalue weighted by Gasteiger charge is -2.07. The number of pyridine rings is 1. The van der Waals surface area contributed by atoms with Gasteiger partial charge >= 0.3 is 0 Å². The second kappa shape index (κ2) is 5.20. The number of para-hydroxylation sites is 2. The molecule has 0 saturated carbocycles. The molecule has 0 amide bonds. The highest BCUT2D eigenvalue weighted by molar-refractivity contribution is 5.87. The van der Waals surface area contributed by atoms with Crippen LogP contribution in [0, 0.1) is 10.1 Å². The third kappa shape index (κ3) is 2.29. The molecule has 0 aliphatic heterocycles. The van der Waals surface area contributed by atoms with Crippen molar-refractivity contribution in [3.63, 3.8) is 0 Å². The quantitative estimate of drug-likeness (QED) is 0.540. The largest absolute Gasteiger partial charge is 0.494 e. The van der Waals surface area contributed by atoms with E-state index in [2.05, 4.69) is 4.98 Å². The molecule has 5 nitrogen and oxygen atoms in total. The lowest BCUT2D eigenvalue weighted by atomic mass is 10.1. The molecule has 3 rings (SSSR count). The van der Waals surface area contributed by atoms with Gasteiger partial charge in [-0.05, 0) is 18.2 Å². The van der Waals surface area contributed by atoms with Crippen molar-refractivity contribution in [1.82, 2.24) is 4.98 Å². The van der Waals surface area contributed by atoms with Crippen LogP contribution in [-0.4, -0.2) is 17.0 Å². The number of hydrogen-bond acceptors (Lipinski definition) is 4. The molecule has 0 radical (unpaired) electrons. The summed E-state index contributed by atoms with van der Waals surface area (Å²) in [5, 5.41) is 12.1. The van der Waals surface area contributed by atoms with Crippen molar-refractivity contribution in [1.29, 1.82) is 0 Å². The van der Waals surface area contributed by atoms with Crippen LogP contribution in [0.5, 0.6) is 5.75 Å². The predicted molar refractivity (Wildman–Crippen MR) is 80.4 cm³/mol. The first kappa shape index (κ1) is 13.1. The maximum atomic E-state index is 11.1. The summed E-state index contributed by atoms with van der Waals surface area (Å²) in [5.74, 6) is 0.646. The molecule has 1 aromatic heterocycles. The van der Waals surface area contributed by atoms with E-state index in [1.165, 1.54) is 6.07 Å². The lowest BCUT2D eigenvalue weighted by molar-refractivity contribution is -0.384. The van der Waals surface area contributed by atoms with Gasteiger partial charge in [-0.1, -0.05) is 30.3 Å². The highest BCUT2D eigenvalue weighted by Gasteiger charge is 2.16. The van der Waals surface area contributed by atoms with E-state index in [1.54, 1.807) is 31.4 Å². The molecule has 0 atom stereocenters. The first-order valence-corrected chi connectivity index (χ1v) is 6.38. The number of fused-ring (bicyclic) bond motifs is 1. The Bertz CT molecular complexity index is 831. The minimum absolute atomic E-state index is 0.0410. The molecule has 21 heavy (non-hydrogen) atoms. The van der Waals surface area contributed by atoms with Gasteiger partial charge in [0.25, 0.3) is 5.69 Å². The molecule has 0 bridgehead atoms. The lowest BCUT2D eigenvalue weighted by Crippen LogP contribution is -1.94. The smallest absolute Gasteiger partial charge is 0.278 e. The molecule has 0 aliphatic rings. The number of ether oxygens (including phenoxy) is 1. The van der Waals surface area contributed by atoms with Crippen LogP contribution in [0.4, 0.5) is 5.69 Å². The van der Waals surface area contributed by atoms with Crippen LogP contribution in [0.15, 0.2) is 54.6 Å². The minimum Gasteiger partial charge on any atom is -0.494 e. The summed E-state index contributed by atoms with van der Waals surface area (Å²) in [6.45, 7) is 0. The molecule has 0 fully saturated rings. The van der Waals surface area contributed by atoms with Crippen LogP contribution in [-0.2, 0) is 0 Å². The van der Waals surface area contributed by atoms with Gasteiger partial charge in [0.2, 0.25) is 0 Å². The normalized spacial score (nSPS) is 10.5. The maximum absolute atomic E-state index is 11.1. The Morgan fingerprint density at radius 3 is 2.62 bits per heavy atom. The van der Waals surface area contributed by atoms with Crippen molar-refractivity contribution in [3.05, 3.63) is 64.7 Å². The van der Waals surface area contributed by atoms with Crippen molar-refractivity contribution in [3.8, 4) is 17.0 Å². The third-order valence-electron chi connectivity index (χ3n) is 3.28. The molecule has 104 valence electrons. The van der Waals surface area contributed by atoms with E-state index >= 15 is 0 Å². The predicted octanol–water partition coefficient (Wildman–Crippen LogP) is 3.82. The number of nitrogens with zero attached hydrogens (tertiary/aromatic N) is 2. The summed E-state index contributed by atoms with van der Waals surface area (Å²) < 4.78 is 5.30. The Morgan fingerprint density at radius 2 is 1.86 bits per heavy atom. The average molecular weight is 280 g/mol. The molecule has 0 aliphatic carbocycles. The van der Waals surface area contributed by atoms with Crippen molar-refractivity contribution in [2.75, 3.05) is 7.11 Å². The Morgan fingerprint density at radius 1 is 1.05 bits per heavy atom. The van der Waals surface area contributed by atoms with E-state index < -0.39 is 4.92 Å². The van der Waals surface area contributed by atoms with Crippen molar-refractivity contribution in [2.24, 2.45) is 0 Å². The number of benzene rings is 2. The van der Waals surface area contributed by atoms with Gasteiger partial charge in [-0.25, -0.2) is 4.98 Å². The number of hydrogen-bond donors (Lipinski definition) is 0. The number of nitro groups is 1. The van der Waals surface area contributed by atoms with Crippen molar-refractivity contribution in [2.45, 2.75) is 0 Å². The first-order chi connectivity index (χ1) is 10.2. The standard InChI is InChI=1S/C16H12N2O3/c1-21-15-8-4-5-11-9-10-13(17-16(11)15)12-6-2-3-7-14(12)18(19)20/h2-10H,1H3. The zero-order valence-corrected chi connectivity index (χ0v) is 11.3. The molecule has 5 heteroatoms. The molecule has 1 heterocycles. The van der Waals surface area contributed by atoms with E-state index in [-0.39, 0.29) is 5.69 Å². The van der Waals surface area contributed by atoms with Gasteiger partial charge in [0.1, 0.15) is 11.3 Å². The van der Waals surface area contributed by atoms with Gasteiger partial charge in [-0.15, -0.1) is 0 Å². The van der Waals surface area contributed by atoms with E-state index in [4.69, 9.17) is 4.74 Å². The fourth-order valence-corrected chi connectivity index (χ4v) is 2.28. The van der Waals surface area contributed by atoms with Crippen molar-refractivity contribution >= 4 is 16.6 Å². The number of aromatic nitrogens is 1. The molecule has 0 unspecified atom stereocenters. The third-order valence-corrected chi connectivity index (χ3v) is 3.28. The van der Waals surface area contributed by atoms with Gasteiger partial charge < -0.3 is 4.74 Å². The molecule has 3 aromatic rings. The van der Waals surface area contributed by atoms with Gasteiger partial charge in [-0.3, -0.25) is 10.1 Å². The van der Waals surface area contributed by atoms with Crippen LogP contribution in [0.1, 0.15) is 0 Å². The second-order valence-electron chi connectivity index (χ2n) is 4.50. The molecule has 0 saturated heterocycles. The number of nitro benzene ring substituents is 1. The van der Waals surface area contributed by atoms with Gasteiger partial charge in [0, 0.05) is 11.5 Å². The molecular weight excluding hydrogens is 268 g/mol. The van der Waals surface area contributed by atoms with Crippen LogP contribution in [0.2, 0.25) is 0 Å². The highest BCUT2D eigenvalue weighted by Crippen LogP contribution is 2.31. The van der Waals surface area contributed by atoms with Crippen LogP contribution in [0.3, 0.4) is 0 Å². The van der Waals surface area contributed by atoms with Gasteiger partial charge in [0.05, 0.1) is 23.3 Å². The topological polar surface area (TPSA) is 65.3 Å². The summed E-state index contributed by atoms with van der Waals surface area (Å²) in [4.78, 5) is 15.3. The first-order valence-electron chi connectivity index (χ1n) is 6.38. The molecular formula is C16H12N2O3. The monoisotopic (exact) mass is 280 g/mol. The summed E-state index contributed by atoms with van der Waals surface area (Å²) in [7, 11) is 1.58. The Kier molecular flexibility index (Phi) is 3.23. The Balaban J connectivity index is 2.25. The highest BCUT2D eigenvalue weighted by atomic mass is 16.6. The van der Waals surface area contributed by atoms with Crippen LogP contribution in [0.25, 0.3) is 22.2 Å². The van der Waals surface area contributed by atoms with E-state index in [0.29, 0.717) is 22.5 Å². The number of methoxy groups -OCH3 is 1. The minimum atomic E-state index is -0.399. The SMILES string of the molecule is COc1cccc2ccc(-c3ccccc3[N+](=O)[O-])nc12. The Labute approximate surface area is 121 Å². The van der Waals surface area contributed by atoms with E-state index in [1.807, 2.05) is 24.3 Å².